The van der Waals surface area contributed by atoms with Crippen LogP contribution < -0.4 is 44.2 Å². The zero-order valence-electron chi connectivity index (χ0n) is 41.4. The molecule has 2 aromatic carbocycles. The number of rotatable bonds is 18. The largest absolute Gasteiger partial charge is 0.618 e. The van der Waals surface area contributed by atoms with Gasteiger partial charge in [0.2, 0.25) is 36.7 Å². The Labute approximate surface area is 422 Å². The fourth-order valence-corrected chi connectivity index (χ4v) is 10.0. The van der Waals surface area contributed by atoms with Crippen molar-refractivity contribution in [3.05, 3.63) is 131 Å². The van der Waals surface area contributed by atoms with E-state index >= 15 is 0 Å². The summed E-state index contributed by atoms with van der Waals surface area (Å²) in [6.45, 7) is 10.3. The second-order valence-corrected chi connectivity index (χ2v) is 18.7. The summed E-state index contributed by atoms with van der Waals surface area (Å²) in [5, 5.41) is 42.0. The van der Waals surface area contributed by atoms with E-state index in [4.69, 9.17) is 28.4 Å². The van der Waals surface area contributed by atoms with E-state index in [9.17, 15) is 29.9 Å². The molecule has 2 aromatic heterocycles. The predicted molar refractivity (Wildman–Crippen MR) is 268 cm³/mol. The predicted octanol–water partition coefficient (Wildman–Crippen LogP) is 5.93. The monoisotopic (exact) mass is 997 g/mol. The van der Waals surface area contributed by atoms with Crippen molar-refractivity contribution < 1.29 is 62.6 Å². The number of hydroxylamine groups is 2. The highest BCUT2D eigenvalue weighted by molar-refractivity contribution is 5.98. The number of nitrogens with zero attached hydrogens (tertiary/aromatic N) is 5. The van der Waals surface area contributed by atoms with E-state index < -0.39 is 30.0 Å². The van der Waals surface area contributed by atoms with Crippen LogP contribution in [0.15, 0.2) is 103 Å². The first-order valence-corrected chi connectivity index (χ1v) is 24.2. The number of anilines is 1. The molecule has 9 rings (SSSR count). The molecule has 0 saturated heterocycles. The molecule has 4 aromatic rings. The van der Waals surface area contributed by atoms with Gasteiger partial charge in [0.15, 0.2) is 51.6 Å². The van der Waals surface area contributed by atoms with E-state index in [1.165, 1.54) is 24.0 Å². The maximum absolute atomic E-state index is 13.6. The molecule has 0 saturated carbocycles. The number of nitrogens with one attached hydrogen (secondary N) is 2. The molecule has 382 valence electrons. The zero-order valence-corrected chi connectivity index (χ0v) is 41.4. The number of hydrogen-bond donors (Lipinski definition) is 3. The van der Waals surface area contributed by atoms with Gasteiger partial charge in [-0.2, -0.15) is 4.74 Å². The van der Waals surface area contributed by atoms with Crippen LogP contribution >= 0.6 is 0 Å². The molecule has 4 unspecified atom stereocenters. The molecular formula is C54H59N7O12. The van der Waals surface area contributed by atoms with E-state index in [0.29, 0.717) is 91.3 Å². The summed E-state index contributed by atoms with van der Waals surface area (Å²) < 4.78 is 41.3. The molecule has 0 radical (unpaired) electrons. The van der Waals surface area contributed by atoms with Crippen LogP contribution in [0.4, 0.5) is 10.5 Å². The minimum Gasteiger partial charge on any atom is -0.618 e. The third kappa shape index (κ3) is 10.2. The molecule has 0 fully saturated rings. The van der Waals surface area contributed by atoms with Gasteiger partial charge in [-0.25, -0.2) is 0 Å². The number of aromatic nitrogens is 2. The molecule has 73 heavy (non-hydrogen) atoms. The van der Waals surface area contributed by atoms with Crippen LogP contribution in [0.25, 0.3) is 11.1 Å². The number of amides is 3. The van der Waals surface area contributed by atoms with Crippen molar-refractivity contribution in [2.75, 3.05) is 46.1 Å². The van der Waals surface area contributed by atoms with Crippen LogP contribution in [-0.2, 0) is 22.7 Å². The molecular weight excluding hydrogens is 939 g/mol. The molecule has 19 heteroatoms. The quantitative estimate of drug-likeness (QED) is 0.0348. The number of hydrogen-bond acceptors (Lipinski definition) is 12. The Morgan fingerprint density at radius 1 is 0.836 bits per heavy atom. The maximum Gasteiger partial charge on any atom is 0.250 e. The van der Waals surface area contributed by atoms with Gasteiger partial charge in [-0.05, 0) is 72.2 Å². The molecule has 3 N–H and O–H groups in total. The number of carboxylic acid groups (broad SMARTS) is 1. The van der Waals surface area contributed by atoms with Gasteiger partial charge < -0.3 is 68.2 Å². The molecule has 5 heterocycles. The topological polar surface area (TPSA) is 216 Å². The standard InChI is InChI=1S/C54H59N7O12/c1-7-19-59(54(64)65)49(32(2)3)53(63)55-33(4)52(62)56-40-14-9-34(10-15-40)35-11-16-41-38(22-35)25-57-29-47(50(68-5)43(57)27-60(41)66)70-20-8-21-71-48-30-58-26-39-23-36(37-13-18-45-46(24-37)73-31-72-45)12-17-42(39)61(67)28-44(58)51(48)69-6/h7,9-18,24,27-30,32-33,38-39,49H,1,8,19-23,25-26,31H2,2-6H3,(H3-,55,56,62,63,64,65,67). The number of ether oxygens (including phenoxy) is 6. The highest BCUT2D eigenvalue weighted by Gasteiger charge is 2.37. The van der Waals surface area contributed by atoms with Crippen molar-refractivity contribution in [3.8, 4) is 34.5 Å². The van der Waals surface area contributed by atoms with Gasteiger partial charge in [0.1, 0.15) is 18.2 Å². The first kappa shape index (κ1) is 49.6. The van der Waals surface area contributed by atoms with Crippen LogP contribution in [-0.4, -0.2) is 112 Å². The van der Waals surface area contributed by atoms with Crippen LogP contribution in [0.3, 0.4) is 0 Å². The molecule has 4 atom stereocenters. The van der Waals surface area contributed by atoms with Crippen LogP contribution in [0.2, 0.25) is 0 Å². The van der Waals surface area contributed by atoms with Gasteiger partial charge >= 0.3 is 0 Å². The molecule has 2 aliphatic carbocycles. The van der Waals surface area contributed by atoms with Crippen molar-refractivity contribution >= 4 is 47.2 Å². The highest BCUT2D eigenvalue weighted by Crippen LogP contribution is 2.42. The van der Waals surface area contributed by atoms with E-state index in [0.717, 1.165) is 49.1 Å². The van der Waals surface area contributed by atoms with Crippen LogP contribution in [0.5, 0.6) is 34.5 Å². The van der Waals surface area contributed by atoms with Gasteiger partial charge in [0, 0.05) is 48.6 Å². The SMILES string of the molecule is C=CCN(C(=O)[O-])C(C(=O)NC(C)C(=O)Nc1ccc(C2=CC=C3C(C2)Cn2cc(OCCCOc4cn5c(c4OC)C=[N+](O)C4=CC=C(c6ccc7c(c6)OCO7)CC4C5)c(OC)c2C=[N+]3[O-])cc1)C(C)C. The van der Waals surface area contributed by atoms with Gasteiger partial charge in [-0.3, -0.25) is 14.8 Å². The van der Waals surface area contributed by atoms with E-state index in [1.807, 2.05) is 76.2 Å². The summed E-state index contributed by atoms with van der Waals surface area (Å²) in [5.74, 6) is 1.75. The highest BCUT2D eigenvalue weighted by atomic mass is 16.7. The molecule has 3 amide bonds. The second-order valence-electron chi connectivity index (χ2n) is 18.7. The Bertz CT molecular complexity index is 3010. The van der Waals surface area contributed by atoms with Gasteiger partial charge in [0.25, 0.3) is 0 Å². The average Bonchev–Trinajstić information content (AvgIpc) is 4.02. The van der Waals surface area contributed by atoms with E-state index in [2.05, 4.69) is 17.2 Å². The minimum atomic E-state index is -1.51. The van der Waals surface area contributed by atoms with Crippen molar-refractivity contribution in [2.45, 2.75) is 65.2 Å². The number of carbonyl (C=O) groups excluding carboxylic acids is 3. The van der Waals surface area contributed by atoms with Crippen molar-refractivity contribution in [3.63, 3.8) is 0 Å². The minimum absolute atomic E-state index is 0.0295. The van der Waals surface area contributed by atoms with Crippen molar-refractivity contribution in [2.24, 2.45) is 17.8 Å². The number of carbonyl (C=O) groups is 3. The van der Waals surface area contributed by atoms with Gasteiger partial charge in [-0.15, -0.1) is 6.58 Å². The number of methoxy groups -OCH3 is 2. The first-order chi connectivity index (χ1) is 35.2. The summed E-state index contributed by atoms with van der Waals surface area (Å²) in [5.41, 5.74) is 7.23. The normalized spacial score (nSPS) is 18.2. The lowest BCUT2D eigenvalue weighted by atomic mass is 9.87. The Morgan fingerprint density at radius 3 is 2.04 bits per heavy atom. The average molecular weight is 998 g/mol. The number of benzene rings is 2. The molecule has 3 aliphatic heterocycles. The molecule has 19 nitrogen and oxygen atoms in total. The van der Waals surface area contributed by atoms with E-state index in [1.54, 1.807) is 46.4 Å². The van der Waals surface area contributed by atoms with Crippen molar-refractivity contribution in [1.29, 1.82) is 0 Å². The Hall–Kier alpha value is -8.35. The summed E-state index contributed by atoms with van der Waals surface area (Å²) in [7, 11) is 3.12. The zero-order chi connectivity index (χ0) is 51.5. The molecule has 0 bridgehead atoms. The Kier molecular flexibility index (Phi) is 14.4. The number of fused-ring (bicyclic) bond motifs is 5. The summed E-state index contributed by atoms with van der Waals surface area (Å²) in [6.07, 6.45) is 16.3. The smallest absolute Gasteiger partial charge is 0.250 e. The van der Waals surface area contributed by atoms with Gasteiger partial charge in [0.05, 0.1) is 51.7 Å². The third-order valence-corrected chi connectivity index (χ3v) is 13.6. The van der Waals surface area contributed by atoms with Crippen LogP contribution in [0, 0.1) is 23.0 Å². The van der Waals surface area contributed by atoms with Crippen LogP contribution in [0.1, 0.15) is 62.5 Å². The van der Waals surface area contributed by atoms with Gasteiger partial charge in [-0.1, -0.05) is 50.3 Å². The first-order valence-electron chi connectivity index (χ1n) is 24.2. The molecule has 5 aliphatic rings. The lowest BCUT2D eigenvalue weighted by molar-refractivity contribution is -0.738. The Balaban J connectivity index is 0.788. The number of allylic oxidation sites excluding steroid dienone is 8. The lowest BCUT2D eigenvalue weighted by Crippen LogP contribution is -2.58. The summed E-state index contributed by atoms with van der Waals surface area (Å²) >= 11 is 0. The lowest BCUT2D eigenvalue weighted by Gasteiger charge is -2.35. The Morgan fingerprint density at radius 2 is 1.42 bits per heavy atom. The van der Waals surface area contributed by atoms with E-state index in [-0.39, 0.29) is 31.1 Å². The maximum atomic E-state index is 13.6. The summed E-state index contributed by atoms with van der Waals surface area (Å²) in [6, 6.07) is 11.2. The fraction of sp³-hybridized carbons (Fsp3) is 0.352. The second kappa shape index (κ2) is 21.2. The summed E-state index contributed by atoms with van der Waals surface area (Å²) in [4.78, 5) is 38.9. The van der Waals surface area contributed by atoms with Crippen molar-refractivity contribution in [1.82, 2.24) is 19.4 Å². The molecule has 0 spiro atoms. The fourth-order valence-electron chi connectivity index (χ4n) is 10.0. The third-order valence-electron chi connectivity index (χ3n) is 13.6.